The third kappa shape index (κ3) is 5.37. The summed E-state index contributed by atoms with van der Waals surface area (Å²) in [5, 5.41) is 4.41. The molecule has 0 unspecified atom stereocenters. The van der Waals surface area contributed by atoms with Gasteiger partial charge in [-0.15, -0.1) is 11.8 Å². The summed E-state index contributed by atoms with van der Waals surface area (Å²) in [6, 6.07) is 13.2. The molecule has 2 aromatic carbocycles. The van der Waals surface area contributed by atoms with Gasteiger partial charge in [0.05, 0.1) is 11.0 Å². The highest BCUT2D eigenvalue weighted by Crippen LogP contribution is 2.24. The number of thioether (sulfide) groups is 1. The van der Waals surface area contributed by atoms with Crippen LogP contribution >= 0.6 is 23.4 Å². The van der Waals surface area contributed by atoms with Crippen molar-refractivity contribution < 1.29 is 9.18 Å². The summed E-state index contributed by atoms with van der Waals surface area (Å²) in [6.45, 7) is 3.56. The fraction of sp³-hybridized carbons (Fsp3) is 0.176. The van der Waals surface area contributed by atoms with Crippen LogP contribution in [-0.4, -0.2) is 16.9 Å². The summed E-state index contributed by atoms with van der Waals surface area (Å²) >= 11 is 7.25. The van der Waals surface area contributed by atoms with Gasteiger partial charge in [-0.05, 0) is 55.8 Å². The predicted octanol–water partition coefficient (Wildman–Crippen LogP) is 4.50. The molecular weight excluding hydrogens is 335 g/mol. The molecule has 1 amide bonds. The zero-order valence-corrected chi connectivity index (χ0v) is 14.3. The number of amides is 1. The standard InChI is InChI=1S/C17H16ClFN2OS/c1-11(13-3-7-15(19)8-4-13)20-21-17(22)12(2)23-16-9-5-14(18)6-10-16/h3-10,12H,1-2H3,(H,21,22)/b20-11-/t12-/m1/s1. The topological polar surface area (TPSA) is 41.5 Å². The lowest BCUT2D eigenvalue weighted by atomic mass is 10.1. The number of benzene rings is 2. The normalized spacial score (nSPS) is 12.8. The van der Waals surface area contributed by atoms with Crippen LogP contribution in [0.5, 0.6) is 0 Å². The number of halogens is 2. The number of rotatable bonds is 5. The highest BCUT2D eigenvalue weighted by atomic mass is 35.5. The molecule has 0 aliphatic rings. The second-order valence-electron chi connectivity index (χ2n) is 4.89. The number of nitrogens with zero attached hydrogens (tertiary/aromatic N) is 1. The molecule has 1 N–H and O–H groups in total. The summed E-state index contributed by atoms with van der Waals surface area (Å²) in [6.07, 6.45) is 0. The van der Waals surface area contributed by atoms with E-state index in [1.165, 1.54) is 23.9 Å². The molecule has 1 atom stereocenters. The van der Waals surface area contributed by atoms with Gasteiger partial charge in [0.2, 0.25) is 0 Å². The first kappa shape index (κ1) is 17.5. The molecule has 0 aliphatic carbocycles. The highest BCUT2D eigenvalue weighted by molar-refractivity contribution is 8.00. The Morgan fingerprint density at radius 2 is 1.78 bits per heavy atom. The third-order valence-corrected chi connectivity index (χ3v) is 4.46. The maximum atomic E-state index is 12.9. The van der Waals surface area contributed by atoms with Gasteiger partial charge in [-0.1, -0.05) is 23.7 Å². The van der Waals surface area contributed by atoms with E-state index in [2.05, 4.69) is 10.5 Å². The monoisotopic (exact) mass is 350 g/mol. The van der Waals surface area contributed by atoms with Gasteiger partial charge in [0.25, 0.3) is 5.91 Å². The minimum atomic E-state index is -0.307. The van der Waals surface area contributed by atoms with Crippen LogP contribution in [0.25, 0.3) is 0 Å². The fourth-order valence-electron chi connectivity index (χ4n) is 1.76. The molecule has 0 radical (unpaired) electrons. The van der Waals surface area contributed by atoms with E-state index in [0.29, 0.717) is 10.7 Å². The number of carbonyl (C=O) groups is 1. The van der Waals surface area contributed by atoms with Crippen LogP contribution < -0.4 is 5.43 Å². The van der Waals surface area contributed by atoms with Crippen molar-refractivity contribution >= 4 is 35.0 Å². The van der Waals surface area contributed by atoms with E-state index >= 15 is 0 Å². The minimum absolute atomic E-state index is 0.202. The van der Waals surface area contributed by atoms with Crippen molar-refractivity contribution in [2.75, 3.05) is 0 Å². The van der Waals surface area contributed by atoms with E-state index in [1.807, 2.05) is 12.1 Å². The van der Waals surface area contributed by atoms with Crippen LogP contribution in [-0.2, 0) is 4.79 Å². The molecule has 0 aliphatic heterocycles. The Morgan fingerprint density at radius 3 is 2.39 bits per heavy atom. The number of hydrogen-bond acceptors (Lipinski definition) is 3. The number of hydrogen-bond donors (Lipinski definition) is 1. The summed E-state index contributed by atoms with van der Waals surface area (Å²) < 4.78 is 12.9. The fourth-order valence-corrected chi connectivity index (χ4v) is 2.74. The molecule has 2 aromatic rings. The van der Waals surface area contributed by atoms with Gasteiger partial charge in [-0.2, -0.15) is 5.10 Å². The van der Waals surface area contributed by atoms with Crippen LogP contribution in [0.3, 0.4) is 0 Å². The van der Waals surface area contributed by atoms with Crippen LogP contribution in [0.2, 0.25) is 5.02 Å². The van der Waals surface area contributed by atoms with Crippen molar-refractivity contribution in [1.29, 1.82) is 0 Å². The Balaban J connectivity index is 1.93. The van der Waals surface area contributed by atoms with E-state index in [9.17, 15) is 9.18 Å². The largest absolute Gasteiger partial charge is 0.272 e. The average molecular weight is 351 g/mol. The van der Waals surface area contributed by atoms with Crippen LogP contribution in [0.1, 0.15) is 19.4 Å². The van der Waals surface area contributed by atoms with Crippen molar-refractivity contribution in [1.82, 2.24) is 5.43 Å². The zero-order valence-electron chi connectivity index (χ0n) is 12.7. The molecule has 0 aromatic heterocycles. The molecule has 0 saturated heterocycles. The van der Waals surface area contributed by atoms with Gasteiger partial charge in [0.15, 0.2) is 0 Å². The van der Waals surface area contributed by atoms with Gasteiger partial charge in [0.1, 0.15) is 5.82 Å². The van der Waals surface area contributed by atoms with Crippen molar-refractivity contribution in [2.24, 2.45) is 5.10 Å². The van der Waals surface area contributed by atoms with Crippen molar-refractivity contribution in [3.05, 3.63) is 64.9 Å². The molecule has 0 saturated carbocycles. The Morgan fingerprint density at radius 1 is 1.17 bits per heavy atom. The summed E-state index contributed by atoms with van der Waals surface area (Å²) in [5.41, 5.74) is 3.90. The maximum Gasteiger partial charge on any atom is 0.253 e. The smallest absolute Gasteiger partial charge is 0.253 e. The second kappa shape index (κ2) is 8.13. The Kier molecular flexibility index (Phi) is 6.19. The van der Waals surface area contributed by atoms with Crippen molar-refractivity contribution in [3.8, 4) is 0 Å². The second-order valence-corrected chi connectivity index (χ2v) is 6.74. The number of carbonyl (C=O) groups excluding carboxylic acids is 1. The zero-order chi connectivity index (χ0) is 16.8. The lowest BCUT2D eigenvalue weighted by Gasteiger charge is -2.10. The van der Waals surface area contributed by atoms with Crippen LogP contribution in [0.4, 0.5) is 4.39 Å². The van der Waals surface area contributed by atoms with E-state index in [0.717, 1.165) is 10.5 Å². The van der Waals surface area contributed by atoms with Gasteiger partial charge < -0.3 is 0 Å². The minimum Gasteiger partial charge on any atom is -0.272 e. The van der Waals surface area contributed by atoms with Gasteiger partial charge >= 0.3 is 0 Å². The molecule has 2 rings (SSSR count). The first-order valence-electron chi connectivity index (χ1n) is 6.98. The van der Waals surface area contributed by atoms with Crippen LogP contribution in [0.15, 0.2) is 58.5 Å². The van der Waals surface area contributed by atoms with E-state index in [-0.39, 0.29) is 17.0 Å². The molecule has 0 bridgehead atoms. The molecule has 0 heterocycles. The maximum absolute atomic E-state index is 12.9. The lowest BCUT2D eigenvalue weighted by Crippen LogP contribution is -2.27. The molecule has 120 valence electrons. The Labute approximate surface area is 143 Å². The third-order valence-electron chi connectivity index (χ3n) is 3.09. The molecule has 0 fully saturated rings. The summed E-state index contributed by atoms with van der Waals surface area (Å²) in [7, 11) is 0. The van der Waals surface area contributed by atoms with Crippen molar-refractivity contribution in [2.45, 2.75) is 24.0 Å². The SMILES string of the molecule is C/C(=N/NC(=O)[C@@H](C)Sc1ccc(Cl)cc1)c1ccc(F)cc1. The molecule has 23 heavy (non-hydrogen) atoms. The van der Waals surface area contributed by atoms with E-state index in [1.54, 1.807) is 38.1 Å². The molecular formula is C17H16ClFN2OS. The van der Waals surface area contributed by atoms with Crippen LogP contribution in [0, 0.1) is 5.82 Å². The number of nitrogens with one attached hydrogen (secondary N) is 1. The molecule has 6 heteroatoms. The van der Waals surface area contributed by atoms with Gasteiger partial charge in [-0.25, -0.2) is 9.82 Å². The molecule has 3 nitrogen and oxygen atoms in total. The van der Waals surface area contributed by atoms with Crippen molar-refractivity contribution in [3.63, 3.8) is 0 Å². The quantitative estimate of drug-likeness (QED) is 0.490. The van der Waals surface area contributed by atoms with Gasteiger partial charge in [0, 0.05) is 9.92 Å². The first-order chi connectivity index (χ1) is 11.0. The van der Waals surface area contributed by atoms with Gasteiger partial charge in [-0.3, -0.25) is 4.79 Å². The Hall–Kier alpha value is -1.85. The average Bonchev–Trinajstić information content (AvgIpc) is 2.55. The van der Waals surface area contributed by atoms with E-state index in [4.69, 9.17) is 11.6 Å². The summed E-state index contributed by atoms with van der Waals surface area (Å²) in [5.74, 6) is -0.509. The van der Waals surface area contributed by atoms with E-state index < -0.39 is 0 Å². The summed E-state index contributed by atoms with van der Waals surface area (Å²) in [4.78, 5) is 13.0. The molecule has 0 spiro atoms. The highest BCUT2D eigenvalue weighted by Gasteiger charge is 2.14. The lowest BCUT2D eigenvalue weighted by molar-refractivity contribution is -0.120. The predicted molar refractivity (Wildman–Crippen MR) is 93.5 cm³/mol. The first-order valence-corrected chi connectivity index (χ1v) is 8.24. The Bertz CT molecular complexity index is 702. The number of hydrazone groups is 1.